The molecule has 1 unspecified atom stereocenters. The largest absolute Gasteiger partial charge is 0.467 e. The van der Waals surface area contributed by atoms with Gasteiger partial charge in [-0.05, 0) is 31.2 Å². The van der Waals surface area contributed by atoms with Gasteiger partial charge in [-0.2, -0.15) is 0 Å². The Bertz CT molecular complexity index is 552. The molecule has 0 aliphatic rings. The molecule has 0 amide bonds. The first kappa shape index (κ1) is 17.6. The molecule has 0 fully saturated rings. The third kappa shape index (κ3) is 5.43. The van der Waals surface area contributed by atoms with Crippen molar-refractivity contribution >= 4 is 29.9 Å². The highest BCUT2D eigenvalue weighted by Gasteiger charge is 2.12. The van der Waals surface area contributed by atoms with Gasteiger partial charge >= 0.3 is 0 Å². The van der Waals surface area contributed by atoms with Crippen LogP contribution in [-0.4, -0.2) is 24.7 Å². The topological polar surface area (TPSA) is 82.9 Å². The van der Waals surface area contributed by atoms with Crippen molar-refractivity contribution in [3.8, 4) is 0 Å². The summed E-state index contributed by atoms with van der Waals surface area (Å²) in [4.78, 5) is 4.07. The number of aliphatic imine (C=N–C) groups is 1. The minimum Gasteiger partial charge on any atom is -0.467 e. The predicted octanol–water partition coefficient (Wildman–Crippen LogP) is 2.20. The number of halogens is 1. The van der Waals surface area contributed by atoms with Crippen LogP contribution in [0.5, 0.6) is 0 Å². The summed E-state index contributed by atoms with van der Waals surface area (Å²) in [6.07, 6.45) is 0.904. The van der Waals surface area contributed by atoms with Gasteiger partial charge in [-0.3, -0.25) is 4.99 Å². The summed E-state index contributed by atoms with van der Waals surface area (Å²) in [6.45, 7) is 2.68. The van der Waals surface area contributed by atoms with Gasteiger partial charge in [-0.1, -0.05) is 0 Å². The van der Waals surface area contributed by atoms with Crippen LogP contribution >= 0.6 is 24.0 Å². The van der Waals surface area contributed by atoms with Crippen molar-refractivity contribution < 1.29 is 13.9 Å². The lowest BCUT2D eigenvalue weighted by Gasteiger charge is -2.13. The van der Waals surface area contributed by atoms with Crippen LogP contribution in [0.15, 0.2) is 44.4 Å². The summed E-state index contributed by atoms with van der Waals surface area (Å²) in [5, 5.41) is 16.1. The summed E-state index contributed by atoms with van der Waals surface area (Å²) in [5.41, 5.74) is 0. The predicted molar refractivity (Wildman–Crippen MR) is 90.7 cm³/mol. The minimum absolute atomic E-state index is 0. The molecule has 0 radical (unpaired) electrons. The first-order valence-electron chi connectivity index (χ1n) is 6.40. The van der Waals surface area contributed by atoms with E-state index in [1.807, 2.05) is 25.1 Å². The Morgan fingerprint density at radius 1 is 1.33 bits per heavy atom. The number of rotatable bonds is 5. The van der Waals surface area contributed by atoms with Crippen LogP contribution in [0.1, 0.15) is 23.4 Å². The normalized spacial score (nSPS) is 12.6. The monoisotopic (exact) mass is 405 g/mol. The van der Waals surface area contributed by atoms with E-state index in [-0.39, 0.29) is 24.0 Å². The van der Waals surface area contributed by atoms with Crippen molar-refractivity contribution in [3.05, 3.63) is 47.8 Å². The van der Waals surface area contributed by atoms with E-state index in [0.717, 1.165) is 11.5 Å². The Morgan fingerprint density at radius 3 is 2.71 bits per heavy atom. The number of aliphatic hydroxyl groups excluding tert-OH is 1. The van der Waals surface area contributed by atoms with Gasteiger partial charge < -0.3 is 24.6 Å². The standard InChI is InChI=1S/C14H19N3O3.HI/c1-10-5-6-13(20-10)12(18)9-17-14(15-2)16-8-11-4-3-7-19-11;/h3-7,12,18H,8-9H2,1-2H3,(H2,15,16,17);1H. The van der Waals surface area contributed by atoms with Crippen molar-refractivity contribution in [1.82, 2.24) is 10.6 Å². The van der Waals surface area contributed by atoms with Crippen LogP contribution in [-0.2, 0) is 6.54 Å². The molecule has 0 bridgehead atoms. The zero-order valence-corrected chi connectivity index (χ0v) is 14.3. The van der Waals surface area contributed by atoms with E-state index < -0.39 is 6.10 Å². The molecular formula is C14H20IN3O3. The van der Waals surface area contributed by atoms with E-state index >= 15 is 0 Å². The van der Waals surface area contributed by atoms with E-state index in [9.17, 15) is 5.11 Å². The van der Waals surface area contributed by atoms with Gasteiger partial charge in [0.1, 0.15) is 23.4 Å². The van der Waals surface area contributed by atoms with Gasteiger partial charge in [-0.25, -0.2) is 0 Å². The third-order valence-electron chi connectivity index (χ3n) is 2.79. The first-order valence-corrected chi connectivity index (χ1v) is 6.40. The molecule has 2 aromatic rings. The molecule has 2 aromatic heterocycles. The van der Waals surface area contributed by atoms with Crippen LogP contribution in [0.25, 0.3) is 0 Å². The Morgan fingerprint density at radius 2 is 2.14 bits per heavy atom. The third-order valence-corrected chi connectivity index (χ3v) is 2.79. The number of aliphatic hydroxyl groups is 1. The number of aryl methyl sites for hydroxylation is 1. The fourth-order valence-corrected chi connectivity index (χ4v) is 1.73. The van der Waals surface area contributed by atoms with Crippen LogP contribution in [0.2, 0.25) is 0 Å². The molecule has 3 N–H and O–H groups in total. The smallest absolute Gasteiger partial charge is 0.191 e. The van der Waals surface area contributed by atoms with Gasteiger partial charge in [0.05, 0.1) is 19.4 Å². The van der Waals surface area contributed by atoms with Gasteiger partial charge in [0.15, 0.2) is 5.96 Å². The molecular weight excluding hydrogens is 385 g/mol. The molecule has 2 heterocycles. The van der Waals surface area contributed by atoms with Crippen molar-refractivity contribution in [1.29, 1.82) is 0 Å². The highest BCUT2D eigenvalue weighted by molar-refractivity contribution is 14.0. The SMILES string of the molecule is CN=C(NCc1ccco1)NCC(O)c1ccc(C)o1.I. The molecule has 21 heavy (non-hydrogen) atoms. The molecule has 7 heteroatoms. The van der Waals surface area contributed by atoms with Gasteiger partial charge in [-0.15, -0.1) is 24.0 Å². The number of nitrogens with one attached hydrogen (secondary N) is 2. The lowest BCUT2D eigenvalue weighted by molar-refractivity contribution is 0.151. The molecule has 0 saturated heterocycles. The molecule has 116 valence electrons. The summed E-state index contributed by atoms with van der Waals surface area (Å²) in [6, 6.07) is 7.29. The number of hydrogen-bond donors (Lipinski definition) is 3. The van der Waals surface area contributed by atoms with Crippen LogP contribution < -0.4 is 10.6 Å². The number of nitrogens with zero attached hydrogens (tertiary/aromatic N) is 1. The maximum absolute atomic E-state index is 9.97. The number of guanidine groups is 1. The fraction of sp³-hybridized carbons (Fsp3) is 0.357. The highest BCUT2D eigenvalue weighted by atomic mass is 127. The highest BCUT2D eigenvalue weighted by Crippen LogP contribution is 2.14. The molecule has 1 atom stereocenters. The average molecular weight is 405 g/mol. The lowest BCUT2D eigenvalue weighted by atomic mass is 10.3. The first-order chi connectivity index (χ1) is 9.69. The summed E-state index contributed by atoms with van der Waals surface area (Å²) < 4.78 is 10.6. The quantitative estimate of drug-likeness (QED) is 0.404. The maximum atomic E-state index is 9.97. The van der Waals surface area contributed by atoms with Crippen molar-refractivity contribution in [2.75, 3.05) is 13.6 Å². The zero-order valence-electron chi connectivity index (χ0n) is 12.0. The molecule has 0 saturated carbocycles. The fourth-order valence-electron chi connectivity index (χ4n) is 1.73. The minimum atomic E-state index is -0.717. The molecule has 0 aliphatic carbocycles. The van der Waals surface area contributed by atoms with Crippen LogP contribution in [0.4, 0.5) is 0 Å². The van der Waals surface area contributed by atoms with E-state index in [4.69, 9.17) is 8.83 Å². The molecule has 6 nitrogen and oxygen atoms in total. The van der Waals surface area contributed by atoms with Crippen LogP contribution in [0.3, 0.4) is 0 Å². The van der Waals surface area contributed by atoms with Crippen molar-refractivity contribution in [2.24, 2.45) is 4.99 Å². The van der Waals surface area contributed by atoms with Crippen LogP contribution in [0, 0.1) is 6.92 Å². The van der Waals surface area contributed by atoms with E-state index in [1.54, 1.807) is 19.4 Å². The van der Waals surface area contributed by atoms with E-state index in [2.05, 4.69) is 15.6 Å². The Kier molecular flexibility index (Phi) is 7.30. The molecule has 2 rings (SSSR count). The van der Waals surface area contributed by atoms with Gasteiger partial charge in [0, 0.05) is 7.05 Å². The Labute approximate surface area is 140 Å². The van der Waals surface area contributed by atoms with Crippen molar-refractivity contribution in [3.63, 3.8) is 0 Å². The molecule has 0 aliphatic heterocycles. The second kappa shape index (κ2) is 8.73. The lowest BCUT2D eigenvalue weighted by Crippen LogP contribution is -2.38. The Hall–Kier alpha value is -1.48. The summed E-state index contributed by atoms with van der Waals surface area (Å²) in [7, 11) is 1.67. The Balaban J connectivity index is 0.00000220. The molecule has 0 aromatic carbocycles. The average Bonchev–Trinajstić information content (AvgIpc) is 3.10. The van der Waals surface area contributed by atoms with Crippen molar-refractivity contribution in [2.45, 2.75) is 19.6 Å². The van der Waals surface area contributed by atoms with Gasteiger partial charge in [0.2, 0.25) is 0 Å². The maximum Gasteiger partial charge on any atom is 0.191 e. The second-order valence-corrected chi connectivity index (χ2v) is 4.35. The number of hydrogen-bond acceptors (Lipinski definition) is 4. The number of furan rings is 2. The molecule has 0 spiro atoms. The summed E-state index contributed by atoms with van der Waals surface area (Å²) >= 11 is 0. The van der Waals surface area contributed by atoms with Gasteiger partial charge in [0.25, 0.3) is 0 Å². The van der Waals surface area contributed by atoms with E-state index in [1.165, 1.54) is 0 Å². The second-order valence-electron chi connectivity index (χ2n) is 4.35. The zero-order chi connectivity index (χ0) is 14.4. The van der Waals surface area contributed by atoms with E-state index in [0.29, 0.717) is 24.8 Å². The summed E-state index contributed by atoms with van der Waals surface area (Å²) in [5.74, 6) is 2.72.